The number of hydrogen-bond donors (Lipinski definition) is 0. The molecule has 1 fully saturated rings. The van der Waals surface area contributed by atoms with Crippen LogP contribution in [0.4, 0.5) is 4.79 Å². The van der Waals surface area contributed by atoms with Crippen molar-refractivity contribution in [2.24, 2.45) is 0 Å². The second-order valence-corrected chi connectivity index (χ2v) is 3.05. The summed E-state index contributed by atoms with van der Waals surface area (Å²) in [6.45, 7) is 2.63. The van der Waals surface area contributed by atoms with Crippen molar-refractivity contribution in [3.8, 4) is 6.19 Å². The molecule has 0 bridgehead atoms. The Morgan fingerprint density at radius 2 is 2.42 bits per heavy atom. The maximum Gasteiger partial charge on any atom is 0.333 e. The standard InChI is InChI=1S/C8H13N3O/c1-3-4-7-5-11(6-9)8(12)10(7)2/h7H,3-5H2,1-2H3. The Morgan fingerprint density at radius 1 is 1.75 bits per heavy atom. The monoisotopic (exact) mass is 167 g/mol. The van der Waals surface area contributed by atoms with E-state index in [0.29, 0.717) is 6.54 Å². The van der Waals surface area contributed by atoms with Crippen molar-refractivity contribution in [1.29, 1.82) is 5.26 Å². The van der Waals surface area contributed by atoms with E-state index in [1.165, 1.54) is 4.90 Å². The highest BCUT2D eigenvalue weighted by molar-refractivity contribution is 5.78. The fraction of sp³-hybridized carbons (Fsp3) is 0.750. The summed E-state index contributed by atoms with van der Waals surface area (Å²) in [6.07, 6.45) is 3.89. The quantitative estimate of drug-likeness (QED) is 0.576. The molecule has 4 heteroatoms. The molecule has 12 heavy (non-hydrogen) atoms. The number of carbonyl (C=O) groups is 1. The van der Waals surface area contributed by atoms with Gasteiger partial charge in [0.15, 0.2) is 6.19 Å². The van der Waals surface area contributed by atoms with E-state index in [1.807, 2.05) is 6.19 Å². The van der Waals surface area contributed by atoms with E-state index in [-0.39, 0.29) is 12.1 Å². The molecule has 0 saturated carbocycles. The van der Waals surface area contributed by atoms with E-state index in [1.54, 1.807) is 11.9 Å². The average Bonchev–Trinajstić information content (AvgIpc) is 2.33. The summed E-state index contributed by atoms with van der Waals surface area (Å²) in [6, 6.07) is 0.0538. The topological polar surface area (TPSA) is 47.3 Å². The van der Waals surface area contributed by atoms with Gasteiger partial charge in [0, 0.05) is 7.05 Å². The first kappa shape index (κ1) is 8.85. The fourth-order valence-electron chi connectivity index (χ4n) is 1.46. The molecule has 0 aromatic rings. The molecule has 1 aliphatic heterocycles. The molecule has 0 N–H and O–H groups in total. The zero-order valence-corrected chi connectivity index (χ0v) is 7.45. The molecule has 0 spiro atoms. The number of likely N-dealkylation sites (N-methyl/N-ethyl adjacent to an activating group) is 1. The van der Waals surface area contributed by atoms with Crippen LogP contribution < -0.4 is 0 Å². The summed E-state index contributed by atoms with van der Waals surface area (Å²) < 4.78 is 0. The second kappa shape index (κ2) is 3.44. The molecule has 1 aliphatic rings. The van der Waals surface area contributed by atoms with Crippen molar-refractivity contribution >= 4 is 6.03 Å². The number of carbonyl (C=O) groups excluding carboxylic acids is 1. The molecule has 1 heterocycles. The Kier molecular flexibility index (Phi) is 2.54. The number of nitrogens with zero attached hydrogens (tertiary/aromatic N) is 3. The molecule has 0 aliphatic carbocycles. The zero-order valence-electron chi connectivity index (χ0n) is 7.45. The first-order valence-electron chi connectivity index (χ1n) is 4.14. The number of rotatable bonds is 2. The first-order chi connectivity index (χ1) is 5.70. The van der Waals surface area contributed by atoms with Gasteiger partial charge in [0.2, 0.25) is 0 Å². The summed E-state index contributed by atoms with van der Waals surface area (Å²) in [4.78, 5) is 14.1. The van der Waals surface area contributed by atoms with Crippen molar-refractivity contribution in [1.82, 2.24) is 9.80 Å². The molecular formula is C8H13N3O. The van der Waals surface area contributed by atoms with Gasteiger partial charge in [-0.3, -0.25) is 0 Å². The minimum absolute atomic E-state index is 0.170. The highest BCUT2D eigenvalue weighted by atomic mass is 16.2. The van der Waals surface area contributed by atoms with Crippen molar-refractivity contribution < 1.29 is 4.79 Å². The number of nitriles is 1. The molecule has 1 saturated heterocycles. The summed E-state index contributed by atoms with van der Waals surface area (Å²) >= 11 is 0. The summed E-state index contributed by atoms with van der Waals surface area (Å²) in [5, 5.41) is 8.57. The van der Waals surface area contributed by atoms with Gasteiger partial charge in [-0.25, -0.2) is 9.69 Å². The fourth-order valence-corrected chi connectivity index (χ4v) is 1.46. The van der Waals surface area contributed by atoms with Gasteiger partial charge in [-0.15, -0.1) is 0 Å². The van der Waals surface area contributed by atoms with Crippen molar-refractivity contribution in [2.45, 2.75) is 25.8 Å². The predicted octanol–water partition coefficient (Wildman–Crippen LogP) is 1.00. The van der Waals surface area contributed by atoms with Crippen molar-refractivity contribution in [3.63, 3.8) is 0 Å². The Bertz CT molecular complexity index is 221. The van der Waals surface area contributed by atoms with Gasteiger partial charge in [0.05, 0.1) is 12.6 Å². The van der Waals surface area contributed by atoms with Crippen LogP contribution >= 0.6 is 0 Å². The van der Waals surface area contributed by atoms with Gasteiger partial charge in [-0.2, -0.15) is 5.26 Å². The summed E-state index contributed by atoms with van der Waals surface area (Å²) in [5.41, 5.74) is 0. The van der Waals surface area contributed by atoms with E-state index in [9.17, 15) is 4.79 Å². The molecule has 1 unspecified atom stereocenters. The predicted molar refractivity (Wildman–Crippen MR) is 44.2 cm³/mol. The van der Waals surface area contributed by atoms with Crippen LogP contribution in [0.3, 0.4) is 0 Å². The number of urea groups is 1. The largest absolute Gasteiger partial charge is 0.333 e. The van der Waals surface area contributed by atoms with E-state index < -0.39 is 0 Å². The highest BCUT2D eigenvalue weighted by Crippen LogP contribution is 2.16. The Hall–Kier alpha value is -1.24. The second-order valence-electron chi connectivity index (χ2n) is 3.05. The van der Waals surface area contributed by atoms with Crippen LogP contribution in [-0.4, -0.2) is 35.5 Å². The molecule has 1 rings (SSSR count). The molecular weight excluding hydrogens is 154 g/mol. The van der Waals surface area contributed by atoms with E-state index in [2.05, 4.69) is 6.92 Å². The maximum atomic E-state index is 11.3. The Labute approximate surface area is 72.4 Å². The minimum Gasteiger partial charge on any atom is -0.322 e. The first-order valence-corrected chi connectivity index (χ1v) is 4.14. The lowest BCUT2D eigenvalue weighted by Crippen LogP contribution is -2.29. The van der Waals surface area contributed by atoms with Gasteiger partial charge >= 0.3 is 6.03 Å². The lowest BCUT2D eigenvalue weighted by Gasteiger charge is -2.15. The summed E-state index contributed by atoms with van der Waals surface area (Å²) in [5.74, 6) is 0. The minimum atomic E-state index is -0.170. The van der Waals surface area contributed by atoms with Crippen LogP contribution in [0.1, 0.15) is 19.8 Å². The van der Waals surface area contributed by atoms with Crippen LogP contribution in [-0.2, 0) is 0 Å². The van der Waals surface area contributed by atoms with Gasteiger partial charge in [0.25, 0.3) is 0 Å². The van der Waals surface area contributed by atoms with Gasteiger partial charge in [-0.05, 0) is 6.42 Å². The lowest BCUT2D eigenvalue weighted by atomic mass is 10.2. The van der Waals surface area contributed by atoms with E-state index in [0.717, 1.165) is 12.8 Å². The molecule has 66 valence electrons. The average molecular weight is 167 g/mol. The molecule has 0 aromatic heterocycles. The van der Waals surface area contributed by atoms with E-state index in [4.69, 9.17) is 5.26 Å². The SMILES string of the molecule is CCCC1CN(C#N)C(=O)N1C. The smallest absolute Gasteiger partial charge is 0.322 e. The lowest BCUT2D eigenvalue weighted by molar-refractivity contribution is 0.204. The van der Waals surface area contributed by atoms with Crippen molar-refractivity contribution in [3.05, 3.63) is 0 Å². The molecule has 2 amide bonds. The number of hydrogen-bond acceptors (Lipinski definition) is 2. The Balaban J connectivity index is 2.62. The van der Waals surface area contributed by atoms with Crippen LogP contribution in [0, 0.1) is 11.5 Å². The highest BCUT2D eigenvalue weighted by Gasteiger charge is 2.33. The van der Waals surface area contributed by atoms with Gasteiger partial charge in [-0.1, -0.05) is 13.3 Å². The van der Waals surface area contributed by atoms with Gasteiger partial charge in [0.1, 0.15) is 0 Å². The molecule has 1 atom stereocenters. The summed E-state index contributed by atoms with van der Waals surface area (Å²) in [7, 11) is 1.75. The van der Waals surface area contributed by atoms with E-state index >= 15 is 0 Å². The van der Waals surface area contributed by atoms with Crippen LogP contribution in [0.15, 0.2) is 0 Å². The maximum absolute atomic E-state index is 11.3. The zero-order chi connectivity index (χ0) is 9.14. The molecule has 4 nitrogen and oxygen atoms in total. The third-order valence-electron chi connectivity index (χ3n) is 2.22. The molecule has 0 radical (unpaired) electrons. The van der Waals surface area contributed by atoms with Gasteiger partial charge < -0.3 is 4.90 Å². The molecule has 0 aromatic carbocycles. The Morgan fingerprint density at radius 3 is 2.83 bits per heavy atom. The van der Waals surface area contributed by atoms with Crippen LogP contribution in [0.25, 0.3) is 0 Å². The van der Waals surface area contributed by atoms with Crippen molar-refractivity contribution in [2.75, 3.05) is 13.6 Å². The normalized spacial score (nSPS) is 23.1. The van der Waals surface area contributed by atoms with Crippen LogP contribution in [0.2, 0.25) is 0 Å². The third-order valence-corrected chi connectivity index (χ3v) is 2.22. The third kappa shape index (κ3) is 1.35. The number of amides is 2. The van der Waals surface area contributed by atoms with Crippen LogP contribution in [0.5, 0.6) is 0 Å².